The first-order valence-corrected chi connectivity index (χ1v) is 7.66. The van der Waals surface area contributed by atoms with Crippen LogP contribution < -0.4 is 5.32 Å². The molecule has 8 heteroatoms. The van der Waals surface area contributed by atoms with Crippen molar-refractivity contribution in [2.45, 2.75) is 6.54 Å². The van der Waals surface area contributed by atoms with Gasteiger partial charge in [0.15, 0.2) is 0 Å². The van der Waals surface area contributed by atoms with Crippen molar-refractivity contribution in [1.29, 1.82) is 0 Å². The second kappa shape index (κ2) is 6.74. The molecule has 7 nitrogen and oxygen atoms in total. The van der Waals surface area contributed by atoms with Crippen molar-refractivity contribution in [3.8, 4) is 0 Å². The molecule has 0 atom stereocenters. The molecule has 126 valence electrons. The normalized spacial score (nSPS) is 15.6. The van der Waals surface area contributed by atoms with Gasteiger partial charge in [-0.15, -0.1) is 0 Å². The van der Waals surface area contributed by atoms with E-state index >= 15 is 0 Å². The van der Waals surface area contributed by atoms with Crippen LogP contribution in [0.1, 0.15) is 11.1 Å². The Morgan fingerprint density at radius 3 is 2.56 bits per heavy atom. The highest BCUT2D eigenvalue weighted by Gasteiger charge is 2.33. The maximum absolute atomic E-state index is 12.5. The van der Waals surface area contributed by atoms with E-state index < -0.39 is 16.9 Å². The van der Waals surface area contributed by atoms with E-state index in [-0.39, 0.29) is 28.5 Å². The number of urea groups is 1. The Bertz CT molecular complexity index is 896. The number of nitrogens with one attached hydrogen (secondary N) is 1. The van der Waals surface area contributed by atoms with Crippen LogP contribution in [0.4, 0.5) is 10.5 Å². The highest BCUT2D eigenvalue weighted by molar-refractivity contribution is 6.32. The molecule has 0 bridgehead atoms. The van der Waals surface area contributed by atoms with Crippen LogP contribution in [-0.2, 0) is 11.3 Å². The largest absolute Gasteiger partial charge is 0.329 e. The maximum Gasteiger partial charge on any atom is 0.329 e. The van der Waals surface area contributed by atoms with Crippen molar-refractivity contribution in [2.75, 3.05) is 0 Å². The molecule has 1 N–H and O–H groups in total. The number of non-ortho nitro benzene ring substituents is 1. The summed E-state index contributed by atoms with van der Waals surface area (Å²) in [4.78, 5) is 35.9. The monoisotopic (exact) mass is 357 g/mol. The highest BCUT2D eigenvalue weighted by Crippen LogP contribution is 2.25. The molecule has 3 amide bonds. The molecule has 0 radical (unpaired) electrons. The standard InChI is InChI=1S/C17H12ClN3O4/c18-14-7-6-13(21(24)25)8-12(14)9-15-16(22)20(17(23)19-15)10-11-4-2-1-3-5-11/h1-9H,10H2,(H,19,23)/b15-9-. The van der Waals surface area contributed by atoms with Crippen LogP contribution in [0.15, 0.2) is 54.2 Å². The second-order valence-electron chi connectivity index (χ2n) is 5.33. The van der Waals surface area contributed by atoms with Gasteiger partial charge in [0.25, 0.3) is 11.6 Å². The zero-order valence-electron chi connectivity index (χ0n) is 12.8. The van der Waals surface area contributed by atoms with Gasteiger partial charge in [0.1, 0.15) is 5.70 Å². The Kier molecular flexibility index (Phi) is 4.49. The zero-order valence-corrected chi connectivity index (χ0v) is 13.6. The number of hydrogen-bond acceptors (Lipinski definition) is 4. The van der Waals surface area contributed by atoms with Crippen LogP contribution in [-0.4, -0.2) is 21.8 Å². The van der Waals surface area contributed by atoms with Gasteiger partial charge in [-0.3, -0.25) is 19.8 Å². The van der Waals surface area contributed by atoms with Crippen LogP contribution >= 0.6 is 11.6 Å². The van der Waals surface area contributed by atoms with Gasteiger partial charge < -0.3 is 5.32 Å². The molecular formula is C17H12ClN3O4. The first-order valence-electron chi connectivity index (χ1n) is 7.28. The summed E-state index contributed by atoms with van der Waals surface area (Å²) in [6.07, 6.45) is 1.33. The molecule has 1 aliphatic heterocycles. The Balaban J connectivity index is 1.88. The van der Waals surface area contributed by atoms with E-state index in [1.165, 1.54) is 24.3 Å². The first-order chi connectivity index (χ1) is 12.0. The fraction of sp³-hybridized carbons (Fsp3) is 0.0588. The Hall–Kier alpha value is -3.19. The summed E-state index contributed by atoms with van der Waals surface area (Å²) in [6, 6.07) is 12.4. The molecule has 2 aromatic carbocycles. The Labute approximate surface area is 147 Å². The molecule has 3 rings (SSSR count). The second-order valence-corrected chi connectivity index (χ2v) is 5.74. The number of rotatable bonds is 4. The molecule has 25 heavy (non-hydrogen) atoms. The van der Waals surface area contributed by atoms with E-state index in [0.717, 1.165) is 10.5 Å². The molecule has 1 saturated heterocycles. The predicted molar refractivity (Wildman–Crippen MR) is 91.6 cm³/mol. The topological polar surface area (TPSA) is 92.5 Å². The van der Waals surface area contributed by atoms with Crippen LogP contribution in [0, 0.1) is 10.1 Å². The van der Waals surface area contributed by atoms with Gasteiger partial charge in [0, 0.05) is 22.7 Å². The van der Waals surface area contributed by atoms with E-state index in [1.807, 2.05) is 18.2 Å². The number of nitrogens with zero attached hydrogens (tertiary/aromatic N) is 2. The van der Waals surface area contributed by atoms with Gasteiger partial charge in [-0.2, -0.15) is 0 Å². The number of hydrogen-bond donors (Lipinski definition) is 1. The number of nitro groups is 1. The minimum Gasteiger partial charge on any atom is -0.303 e. The third kappa shape index (κ3) is 3.51. The van der Waals surface area contributed by atoms with Crippen molar-refractivity contribution in [3.63, 3.8) is 0 Å². The summed E-state index contributed by atoms with van der Waals surface area (Å²) in [7, 11) is 0. The van der Waals surface area contributed by atoms with E-state index in [9.17, 15) is 19.7 Å². The molecule has 1 aliphatic rings. The van der Waals surface area contributed by atoms with Gasteiger partial charge in [-0.05, 0) is 17.7 Å². The average molecular weight is 358 g/mol. The molecule has 0 aromatic heterocycles. The number of amides is 3. The number of halogens is 1. The molecular weight excluding hydrogens is 346 g/mol. The molecule has 1 heterocycles. The van der Waals surface area contributed by atoms with Gasteiger partial charge >= 0.3 is 6.03 Å². The minimum absolute atomic E-state index is 0.0170. The van der Waals surface area contributed by atoms with Crippen LogP contribution in [0.2, 0.25) is 5.02 Å². The quantitative estimate of drug-likeness (QED) is 0.393. The van der Waals surface area contributed by atoms with E-state index in [0.29, 0.717) is 0 Å². The summed E-state index contributed by atoms with van der Waals surface area (Å²) in [5, 5.41) is 13.6. The summed E-state index contributed by atoms with van der Waals surface area (Å²) in [5.74, 6) is -0.517. The van der Waals surface area contributed by atoms with E-state index in [1.54, 1.807) is 12.1 Å². The smallest absolute Gasteiger partial charge is 0.303 e. The van der Waals surface area contributed by atoms with Gasteiger partial charge in [-0.25, -0.2) is 4.79 Å². The SMILES string of the molecule is O=C1N/C(=C\c2cc([N+](=O)[O-])ccc2Cl)C(=O)N1Cc1ccccc1. The lowest BCUT2D eigenvalue weighted by atomic mass is 10.1. The highest BCUT2D eigenvalue weighted by atomic mass is 35.5. The third-order valence-corrected chi connectivity index (χ3v) is 3.98. The molecule has 0 aliphatic carbocycles. The summed E-state index contributed by atoms with van der Waals surface area (Å²) in [6.45, 7) is 0.130. The average Bonchev–Trinajstić information content (AvgIpc) is 2.85. The maximum atomic E-state index is 12.5. The summed E-state index contributed by atoms with van der Waals surface area (Å²) in [5.41, 5.74) is 0.944. The molecule has 0 saturated carbocycles. The lowest BCUT2D eigenvalue weighted by Gasteiger charge is -2.11. The fourth-order valence-corrected chi connectivity index (χ4v) is 2.56. The van der Waals surface area contributed by atoms with E-state index in [4.69, 9.17) is 11.6 Å². The number of nitro benzene ring substituents is 1. The number of carbonyl (C=O) groups excluding carboxylic acids is 2. The van der Waals surface area contributed by atoms with Crippen LogP contribution in [0.5, 0.6) is 0 Å². The predicted octanol–water partition coefficient (Wildman–Crippen LogP) is 3.34. The molecule has 0 unspecified atom stereocenters. The van der Waals surface area contributed by atoms with Crippen molar-refractivity contribution in [2.24, 2.45) is 0 Å². The van der Waals surface area contributed by atoms with Crippen molar-refractivity contribution >= 4 is 35.3 Å². The first kappa shape index (κ1) is 16.7. The van der Waals surface area contributed by atoms with Crippen LogP contribution in [0.25, 0.3) is 6.08 Å². The number of benzene rings is 2. The van der Waals surface area contributed by atoms with Gasteiger partial charge in [0.05, 0.1) is 11.5 Å². The van der Waals surface area contributed by atoms with Crippen LogP contribution in [0.3, 0.4) is 0 Å². The minimum atomic E-state index is -0.560. The molecule has 1 fully saturated rings. The Morgan fingerprint density at radius 2 is 1.88 bits per heavy atom. The number of carbonyl (C=O) groups is 2. The molecule has 2 aromatic rings. The van der Waals surface area contributed by atoms with Gasteiger partial charge in [0.2, 0.25) is 0 Å². The molecule has 0 spiro atoms. The third-order valence-electron chi connectivity index (χ3n) is 3.64. The Morgan fingerprint density at radius 1 is 1.16 bits per heavy atom. The number of imide groups is 1. The van der Waals surface area contributed by atoms with E-state index in [2.05, 4.69) is 5.32 Å². The fourth-order valence-electron chi connectivity index (χ4n) is 2.39. The lowest BCUT2D eigenvalue weighted by Crippen LogP contribution is -2.30. The van der Waals surface area contributed by atoms with Crippen molar-refractivity contribution in [3.05, 3.63) is 80.5 Å². The van der Waals surface area contributed by atoms with Crippen molar-refractivity contribution < 1.29 is 14.5 Å². The summed E-state index contributed by atoms with van der Waals surface area (Å²) >= 11 is 6.02. The van der Waals surface area contributed by atoms with Crippen molar-refractivity contribution in [1.82, 2.24) is 10.2 Å². The van der Waals surface area contributed by atoms with Gasteiger partial charge in [-0.1, -0.05) is 41.9 Å². The summed E-state index contributed by atoms with van der Waals surface area (Å²) < 4.78 is 0. The zero-order chi connectivity index (χ0) is 18.0. The lowest BCUT2D eigenvalue weighted by molar-refractivity contribution is -0.384.